The summed E-state index contributed by atoms with van der Waals surface area (Å²) in [7, 11) is -6.62. The molecule has 0 amide bonds. The van der Waals surface area contributed by atoms with E-state index < -0.39 is 51.1 Å². The normalized spacial score (nSPS) is 11.6. The largest absolute Gasteiger partial charge is 0.860 e. The van der Waals surface area contributed by atoms with E-state index in [1.54, 1.807) is 0 Å². The van der Waals surface area contributed by atoms with Crippen LogP contribution >= 0.6 is 14.5 Å². The average molecular weight is 1010 g/mol. The first-order valence-corrected chi connectivity index (χ1v) is 27.0. The maximum absolute atomic E-state index is 12.3. The van der Waals surface area contributed by atoms with Crippen LogP contribution in [0.2, 0.25) is 0 Å². The Morgan fingerprint density at radius 1 is 0.361 bits per heavy atom. The molecule has 3 nitrogen and oxygen atoms in total. The number of aryl methyl sites for hydroxylation is 2. The van der Waals surface area contributed by atoms with Gasteiger partial charge in [-0.25, -0.2) is 0 Å². The molecule has 9 aromatic carbocycles. The van der Waals surface area contributed by atoms with Crippen molar-refractivity contribution in [2.75, 3.05) is 0 Å². The maximum Gasteiger partial charge on any atom is 0.416 e. The summed E-state index contributed by atoms with van der Waals surface area (Å²) in [6.07, 6.45) is -8.03. The van der Waals surface area contributed by atoms with Gasteiger partial charge in [-0.05, 0) is 127 Å². The molecule has 0 N–H and O–H groups in total. The van der Waals surface area contributed by atoms with Gasteiger partial charge in [0.05, 0.1) is 29.2 Å². The number of hydrogen-bond donors (Lipinski definition) is 0. The molecule has 12 heteroatoms. The second kappa shape index (κ2) is 24.1. The van der Waals surface area contributed by atoms with Crippen molar-refractivity contribution in [3.8, 4) is 5.75 Å². The van der Waals surface area contributed by atoms with Gasteiger partial charge in [0.2, 0.25) is 0 Å². The van der Waals surface area contributed by atoms with Gasteiger partial charge in [0.15, 0.2) is 0 Å². The van der Waals surface area contributed by atoms with Crippen molar-refractivity contribution in [2.24, 2.45) is 0 Å². The Kier molecular flexibility index (Phi) is 17.7. The SMILES string of the molecule is Cc1ccccc1C[P+](c1ccccc1)(c1ccccc1)c1ccccc1.Cc1ccccc1C[P+](c1ccccc1)(c1ccccc1)c1ccccc1.[O-]B([O-])Oc1cc(C(F)(F)F)cc(C(F)(F)F)c1. The first-order valence-electron chi connectivity index (χ1n) is 23.1. The van der Waals surface area contributed by atoms with Gasteiger partial charge in [-0.3, -0.25) is 0 Å². The summed E-state index contributed by atoms with van der Waals surface area (Å²) in [4.78, 5) is 0. The minimum atomic E-state index is -5.05. The lowest BCUT2D eigenvalue weighted by molar-refractivity contribution is -0.372. The van der Waals surface area contributed by atoms with Gasteiger partial charge in [0, 0.05) is 0 Å². The molecule has 0 aliphatic heterocycles. The van der Waals surface area contributed by atoms with Crippen molar-refractivity contribution in [1.82, 2.24) is 0 Å². The topological polar surface area (TPSA) is 55.3 Å². The van der Waals surface area contributed by atoms with Crippen molar-refractivity contribution >= 4 is 53.7 Å². The molecule has 0 radical (unpaired) electrons. The minimum Gasteiger partial charge on any atom is -0.860 e. The van der Waals surface area contributed by atoms with E-state index >= 15 is 0 Å². The molecule has 72 heavy (non-hydrogen) atoms. The zero-order valence-corrected chi connectivity index (χ0v) is 41.3. The molecule has 0 bridgehead atoms. The lowest BCUT2D eigenvalue weighted by atomic mass is 10.1. The van der Waals surface area contributed by atoms with E-state index in [0.717, 1.165) is 12.3 Å². The van der Waals surface area contributed by atoms with Gasteiger partial charge >= 0.3 is 12.4 Å². The molecule has 0 heterocycles. The van der Waals surface area contributed by atoms with Crippen molar-refractivity contribution in [3.05, 3.63) is 282 Å². The third kappa shape index (κ3) is 13.0. The molecule has 0 spiro atoms. The zero-order chi connectivity index (χ0) is 51.2. The first-order chi connectivity index (χ1) is 34.6. The summed E-state index contributed by atoms with van der Waals surface area (Å²) >= 11 is 0. The van der Waals surface area contributed by atoms with Gasteiger partial charge < -0.3 is 14.7 Å². The molecule has 9 aromatic rings. The van der Waals surface area contributed by atoms with Crippen LogP contribution in [0.15, 0.2) is 249 Å². The molecule has 0 atom stereocenters. The van der Waals surface area contributed by atoms with Crippen LogP contribution in [0.1, 0.15) is 33.4 Å². The van der Waals surface area contributed by atoms with Crippen LogP contribution in [0, 0.1) is 13.8 Å². The Labute approximate surface area is 419 Å². The standard InChI is InChI=1S/2C26H24P.C8H3BF6O3/c2*1-22-13-11-12-14-23(22)21-27(24-15-5-2-6-16-24,25-17-7-3-8-18-25)26-19-9-4-10-20-26;10-7(11,12)4-1-5(8(13,14)15)3-6(2-4)18-9(16)17/h2*2-20H,21H2,1H3;1-3H/q2*+1;-2. The first kappa shape index (κ1) is 53.0. The van der Waals surface area contributed by atoms with Gasteiger partial charge in [-0.15, -0.1) is 0 Å². The fourth-order valence-electron chi connectivity index (χ4n) is 8.73. The Hall–Kier alpha value is -6.80. The lowest BCUT2D eigenvalue weighted by Crippen LogP contribution is -2.50. The zero-order valence-electron chi connectivity index (χ0n) is 39.5. The van der Waals surface area contributed by atoms with Gasteiger partial charge in [0.1, 0.15) is 53.7 Å². The van der Waals surface area contributed by atoms with E-state index in [4.69, 9.17) is 0 Å². The minimum absolute atomic E-state index is 0.141. The molecule has 0 saturated carbocycles. The highest BCUT2D eigenvalue weighted by atomic mass is 31.2. The molecule has 364 valence electrons. The van der Waals surface area contributed by atoms with E-state index in [9.17, 15) is 36.4 Å². The number of halogens is 6. The van der Waals surface area contributed by atoms with Gasteiger partial charge in [-0.1, -0.05) is 158 Å². The van der Waals surface area contributed by atoms with Crippen molar-refractivity contribution in [3.63, 3.8) is 0 Å². The van der Waals surface area contributed by atoms with E-state index in [1.165, 1.54) is 54.1 Å². The average Bonchev–Trinajstić information content (AvgIpc) is 3.39. The maximum atomic E-state index is 12.3. The summed E-state index contributed by atoms with van der Waals surface area (Å²) in [6.45, 7) is 4.45. The molecular weight excluding hydrogens is 955 g/mol. The Bertz CT molecular complexity index is 2680. The lowest BCUT2D eigenvalue weighted by Gasteiger charge is -2.28. The van der Waals surface area contributed by atoms with E-state index in [0.29, 0.717) is 0 Å². The van der Waals surface area contributed by atoms with Crippen molar-refractivity contribution < 1.29 is 41.0 Å². The summed E-state index contributed by atoms with van der Waals surface area (Å²) in [5.74, 6) is -1.08. The predicted molar refractivity (Wildman–Crippen MR) is 283 cm³/mol. The fraction of sp³-hybridized carbons (Fsp3) is 0.100. The molecule has 0 fully saturated rings. The second-order valence-electron chi connectivity index (χ2n) is 17.0. The molecule has 0 saturated heterocycles. The van der Waals surface area contributed by atoms with Crippen LogP contribution in [-0.4, -0.2) is 7.32 Å². The van der Waals surface area contributed by atoms with Crippen molar-refractivity contribution in [1.29, 1.82) is 0 Å². The van der Waals surface area contributed by atoms with E-state index in [-0.39, 0.29) is 18.2 Å². The summed E-state index contributed by atoms with van der Waals surface area (Å²) in [5.41, 5.74) is 2.28. The molecule has 0 aromatic heterocycles. The molecule has 0 aliphatic rings. The van der Waals surface area contributed by atoms with Crippen LogP contribution in [0.4, 0.5) is 26.3 Å². The highest BCUT2D eigenvalue weighted by molar-refractivity contribution is 7.95. The van der Waals surface area contributed by atoms with E-state index in [1.807, 2.05) is 0 Å². The van der Waals surface area contributed by atoms with Crippen LogP contribution in [-0.2, 0) is 24.7 Å². The van der Waals surface area contributed by atoms with Crippen LogP contribution in [0.5, 0.6) is 5.75 Å². The smallest absolute Gasteiger partial charge is 0.416 e. The van der Waals surface area contributed by atoms with E-state index in [2.05, 4.69) is 249 Å². The van der Waals surface area contributed by atoms with Crippen LogP contribution < -0.4 is 46.5 Å². The highest BCUT2D eigenvalue weighted by Crippen LogP contribution is 2.59. The number of benzene rings is 9. The van der Waals surface area contributed by atoms with Gasteiger partial charge in [-0.2, -0.15) is 26.3 Å². The Morgan fingerprint density at radius 3 is 0.819 bits per heavy atom. The van der Waals surface area contributed by atoms with Crippen LogP contribution in [0.25, 0.3) is 0 Å². The number of hydrogen-bond acceptors (Lipinski definition) is 3. The summed E-state index contributed by atoms with van der Waals surface area (Å²) in [5, 5.41) is 28.8. The second-order valence-corrected chi connectivity index (χ2v) is 23.9. The fourth-order valence-corrected chi connectivity index (χ4v) is 17.4. The van der Waals surface area contributed by atoms with Crippen LogP contribution in [0.3, 0.4) is 0 Å². The molecular formula is C60H51BF6O3P2. The monoisotopic (exact) mass is 1010 g/mol. The number of rotatable bonds is 12. The van der Waals surface area contributed by atoms with Crippen molar-refractivity contribution in [2.45, 2.75) is 38.5 Å². The van der Waals surface area contributed by atoms with Gasteiger partial charge in [0.25, 0.3) is 0 Å². The molecule has 9 rings (SSSR count). The Morgan fingerprint density at radius 2 is 0.597 bits per heavy atom. The quantitative estimate of drug-likeness (QED) is 0.0696. The third-order valence-electron chi connectivity index (χ3n) is 12.3. The number of alkyl halides is 6. The Balaban J connectivity index is 0.000000162. The summed E-state index contributed by atoms with van der Waals surface area (Å²) in [6, 6.07) is 84.3. The third-order valence-corrected chi connectivity index (χ3v) is 21.0. The predicted octanol–water partition coefficient (Wildman–Crippen LogP) is 11.8. The molecule has 0 unspecified atom stereocenters. The summed E-state index contributed by atoms with van der Waals surface area (Å²) < 4.78 is 77.5. The molecule has 0 aliphatic carbocycles. The highest BCUT2D eigenvalue weighted by Gasteiger charge is 2.47.